The summed E-state index contributed by atoms with van der Waals surface area (Å²) in [6.45, 7) is 0. The summed E-state index contributed by atoms with van der Waals surface area (Å²) in [6.07, 6.45) is 0. The van der Waals surface area contributed by atoms with E-state index in [0.717, 1.165) is 5.69 Å². The number of rotatable bonds is 3. The van der Waals surface area contributed by atoms with Crippen molar-refractivity contribution in [3.8, 4) is 0 Å². The summed E-state index contributed by atoms with van der Waals surface area (Å²) >= 11 is 17.9. The van der Waals surface area contributed by atoms with Gasteiger partial charge in [-0.05, 0) is 24.3 Å². The molecule has 2 aromatic rings. The number of hydrogen-bond donors (Lipinski definition) is 2. The van der Waals surface area contributed by atoms with Gasteiger partial charge in [0, 0.05) is 5.02 Å². The van der Waals surface area contributed by atoms with Crippen molar-refractivity contribution in [2.24, 2.45) is 0 Å². The number of benzene rings is 2. The van der Waals surface area contributed by atoms with E-state index in [1.807, 2.05) is 30.3 Å². The molecule has 0 radical (unpaired) electrons. The lowest BCUT2D eigenvalue weighted by Crippen LogP contribution is -2.09. The third-order valence-corrected chi connectivity index (χ3v) is 2.93. The molecule has 0 atom stereocenters. The quantitative estimate of drug-likeness (QED) is 0.769. The Morgan fingerprint density at radius 3 is 1.94 bits per heavy atom. The van der Waals surface area contributed by atoms with Crippen molar-refractivity contribution < 1.29 is 0 Å². The van der Waals surface area contributed by atoms with Gasteiger partial charge in [-0.2, -0.15) is 0 Å². The third kappa shape index (κ3) is 3.19. The Labute approximate surface area is 114 Å². The smallest absolute Gasteiger partial charge is 0.0913 e. The van der Waals surface area contributed by atoms with Crippen molar-refractivity contribution >= 4 is 46.2 Å². The molecule has 5 heteroatoms. The first-order valence-electron chi connectivity index (χ1n) is 4.88. The second-order valence-electron chi connectivity index (χ2n) is 3.36. The summed E-state index contributed by atoms with van der Waals surface area (Å²) in [5.74, 6) is 0. The van der Waals surface area contributed by atoms with Gasteiger partial charge >= 0.3 is 0 Å². The lowest BCUT2D eigenvalue weighted by molar-refractivity contribution is 1.41. The van der Waals surface area contributed by atoms with E-state index in [1.165, 1.54) is 0 Å². The zero-order valence-corrected chi connectivity index (χ0v) is 10.9. The van der Waals surface area contributed by atoms with E-state index in [-0.39, 0.29) is 0 Å². The molecule has 88 valence electrons. The summed E-state index contributed by atoms with van der Waals surface area (Å²) in [5, 5.41) is 1.43. The molecule has 2 rings (SSSR count). The van der Waals surface area contributed by atoms with Crippen molar-refractivity contribution in [2.45, 2.75) is 0 Å². The maximum absolute atomic E-state index is 6.03. The molecule has 0 heterocycles. The molecule has 0 saturated heterocycles. The van der Waals surface area contributed by atoms with Crippen LogP contribution in [0.25, 0.3) is 0 Å². The molecule has 17 heavy (non-hydrogen) atoms. The molecule has 0 fully saturated rings. The lowest BCUT2D eigenvalue weighted by atomic mass is 10.3. The van der Waals surface area contributed by atoms with E-state index in [0.29, 0.717) is 20.8 Å². The van der Waals surface area contributed by atoms with Crippen LogP contribution in [0.5, 0.6) is 0 Å². The number of para-hydroxylation sites is 1. The highest BCUT2D eigenvalue weighted by atomic mass is 35.5. The maximum Gasteiger partial charge on any atom is 0.0913 e. The van der Waals surface area contributed by atoms with Crippen LogP contribution >= 0.6 is 34.8 Å². The number of anilines is 2. The van der Waals surface area contributed by atoms with E-state index < -0.39 is 0 Å². The van der Waals surface area contributed by atoms with Crippen molar-refractivity contribution in [1.29, 1.82) is 0 Å². The monoisotopic (exact) mass is 286 g/mol. The Hall–Kier alpha value is -1.09. The Bertz CT molecular complexity index is 491. The predicted molar refractivity (Wildman–Crippen MR) is 75.2 cm³/mol. The Kier molecular flexibility index (Phi) is 4.00. The topological polar surface area (TPSA) is 24.1 Å². The fourth-order valence-corrected chi connectivity index (χ4v) is 2.23. The molecule has 0 aliphatic carbocycles. The van der Waals surface area contributed by atoms with Gasteiger partial charge in [0.2, 0.25) is 0 Å². The number of hydrazine groups is 1. The van der Waals surface area contributed by atoms with E-state index in [4.69, 9.17) is 34.8 Å². The standard InChI is InChI=1S/C12H9Cl3N2/c13-8-6-10(14)12(11(15)7-8)17-16-9-4-2-1-3-5-9/h1-7,16-17H. The summed E-state index contributed by atoms with van der Waals surface area (Å²) in [6, 6.07) is 12.9. The average Bonchev–Trinajstić information content (AvgIpc) is 2.29. The van der Waals surface area contributed by atoms with Gasteiger partial charge in [0.1, 0.15) is 0 Å². The molecule has 2 nitrogen and oxygen atoms in total. The van der Waals surface area contributed by atoms with E-state index in [2.05, 4.69) is 10.9 Å². The van der Waals surface area contributed by atoms with Crippen LogP contribution in [0.2, 0.25) is 15.1 Å². The van der Waals surface area contributed by atoms with Crippen LogP contribution in [0.3, 0.4) is 0 Å². The number of halogens is 3. The molecular weight excluding hydrogens is 279 g/mol. The zero-order valence-electron chi connectivity index (χ0n) is 8.68. The minimum Gasteiger partial charge on any atom is -0.301 e. The summed E-state index contributed by atoms with van der Waals surface area (Å²) in [4.78, 5) is 0. The number of hydrogen-bond acceptors (Lipinski definition) is 2. The molecule has 0 bridgehead atoms. The minimum atomic E-state index is 0.464. The molecule has 0 spiro atoms. The van der Waals surface area contributed by atoms with Gasteiger partial charge in [0.05, 0.1) is 21.4 Å². The largest absolute Gasteiger partial charge is 0.301 e. The lowest BCUT2D eigenvalue weighted by Gasteiger charge is -2.12. The van der Waals surface area contributed by atoms with Crippen LogP contribution in [0.1, 0.15) is 0 Å². The van der Waals surface area contributed by atoms with Crippen LogP contribution in [-0.4, -0.2) is 0 Å². The first-order valence-corrected chi connectivity index (χ1v) is 6.02. The Morgan fingerprint density at radius 2 is 1.35 bits per heavy atom. The SMILES string of the molecule is Clc1cc(Cl)c(NNc2ccccc2)c(Cl)c1. The van der Waals surface area contributed by atoms with Crippen LogP contribution in [0.4, 0.5) is 11.4 Å². The molecule has 0 aliphatic rings. The molecular formula is C12H9Cl3N2. The number of nitrogens with one attached hydrogen (secondary N) is 2. The minimum absolute atomic E-state index is 0.464. The highest BCUT2D eigenvalue weighted by molar-refractivity contribution is 6.41. The van der Waals surface area contributed by atoms with Gasteiger partial charge in [-0.25, -0.2) is 0 Å². The maximum atomic E-state index is 6.03. The fourth-order valence-electron chi connectivity index (χ4n) is 1.32. The molecule has 2 N–H and O–H groups in total. The molecule has 2 aromatic carbocycles. The first kappa shape index (κ1) is 12.4. The van der Waals surface area contributed by atoms with Gasteiger partial charge < -0.3 is 5.43 Å². The fraction of sp³-hybridized carbons (Fsp3) is 0. The van der Waals surface area contributed by atoms with E-state index in [1.54, 1.807) is 12.1 Å². The highest BCUT2D eigenvalue weighted by Crippen LogP contribution is 2.33. The van der Waals surface area contributed by atoms with Crippen molar-refractivity contribution in [3.63, 3.8) is 0 Å². The van der Waals surface area contributed by atoms with Crippen molar-refractivity contribution in [2.75, 3.05) is 10.9 Å². The van der Waals surface area contributed by atoms with Crippen LogP contribution < -0.4 is 10.9 Å². The average molecular weight is 288 g/mol. The van der Waals surface area contributed by atoms with Gasteiger partial charge in [0.15, 0.2) is 0 Å². The normalized spacial score (nSPS) is 10.1. The second kappa shape index (κ2) is 5.50. The molecule has 0 saturated carbocycles. The summed E-state index contributed by atoms with van der Waals surface area (Å²) in [5.41, 5.74) is 7.46. The van der Waals surface area contributed by atoms with Crippen LogP contribution in [-0.2, 0) is 0 Å². The molecule has 0 aliphatic heterocycles. The first-order chi connectivity index (χ1) is 8.16. The van der Waals surface area contributed by atoms with E-state index in [9.17, 15) is 0 Å². The molecule has 0 aromatic heterocycles. The van der Waals surface area contributed by atoms with Gasteiger partial charge in [0.25, 0.3) is 0 Å². The van der Waals surface area contributed by atoms with Crippen LogP contribution in [0, 0.1) is 0 Å². The van der Waals surface area contributed by atoms with Crippen molar-refractivity contribution in [3.05, 3.63) is 57.5 Å². The van der Waals surface area contributed by atoms with Crippen molar-refractivity contribution in [1.82, 2.24) is 0 Å². The van der Waals surface area contributed by atoms with Gasteiger partial charge in [-0.1, -0.05) is 53.0 Å². The van der Waals surface area contributed by atoms with E-state index >= 15 is 0 Å². The Morgan fingerprint density at radius 1 is 0.765 bits per heavy atom. The zero-order chi connectivity index (χ0) is 12.3. The third-order valence-electron chi connectivity index (χ3n) is 2.11. The summed E-state index contributed by atoms with van der Waals surface area (Å²) < 4.78 is 0. The molecule has 0 amide bonds. The predicted octanol–water partition coefficient (Wildman–Crippen LogP) is 5.09. The second-order valence-corrected chi connectivity index (χ2v) is 4.61. The van der Waals surface area contributed by atoms with Gasteiger partial charge in [-0.15, -0.1) is 0 Å². The Balaban J connectivity index is 2.15. The van der Waals surface area contributed by atoms with Crippen LogP contribution in [0.15, 0.2) is 42.5 Å². The highest BCUT2D eigenvalue weighted by Gasteiger charge is 2.06. The summed E-state index contributed by atoms with van der Waals surface area (Å²) in [7, 11) is 0. The van der Waals surface area contributed by atoms with Gasteiger partial charge in [-0.3, -0.25) is 5.43 Å². The molecule has 0 unspecified atom stereocenters.